The van der Waals surface area contributed by atoms with Gasteiger partial charge in [0.2, 0.25) is 5.91 Å². The Hall–Kier alpha value is -1.86. The smallest absolute Gasteiger partial charge is 0.405 e. The van der Waals surface area contributed by atoms with Crippen molar-refractivity contribution in [3.05, 3.63) is 34.6 Å². The number of hydrogen-bond acceptors (Lipinski definition) is 3. The molecule has 8 heteroatoms. The topological polar surface area (TPSA) is 98.7 Å². The van der Waals surface area contributed by atoms with Gasteiger partial charge < -0.3 is 20.8 Å². The molecular formula is C12H14ClFN2O4. The molecule has 0 heterocycles. The van der Waals surface area contributed by atoms with Crippen LogP contribution in [-0.2, 0) is 11.3 Å². The predicted octanol–water partition coefficient (Wildman–Crippen LogP) is 1.11. The maximum absolute atomic E-state index is 13.6. The molecule has 0 saturated carbocycles. The molecule has 2 atom stereocenters. The summed E-state index contributed by atoms with van der Waals surface area (Å²) < 4.78 is 13.6. The lowest BCUT2D eigenvalue weighted by Crippen LogP contribution is -2.51. The Bertz CT molecular complexity index is 510. The summed E-state index contributed by atoms with van der Waals surface area (Å²) >= 11 is 5.59. The molecule has 0 aromatic heterocycles. The van der Waals surface area contributed by atoms with Gasteiger partial charge in [0.15, 0.2) is 0 Å². The van der Waals surface area contributed by atoms with Crippen LogP contribution in [0.4, 0.5) is 9.18 Å². The summed E-state index contributed by atoms with van der Waals surface area (Å²) in [6, 6.07) is 2.99. The number of aliphatic hydroxyl groups is 1. The van der Waals surface area contributed by atoms with Crippen LogP contribution in [0.5, 0.6) is 0 Å². The molecule has 0 saturated heterocycles. The fourth-order valence-electron chi connectivity index (χ4n) is 1.52. The molecule has 0 aliphatic heterocycles. The van der Waals surface area contributed by atoms with Crippen LogP contribution in [0.3, 0.4) is 0 Å². The fourth-order valence-corrected chi connectivity index (χ4v) is 1.71. The minimum Gasteiger partial charge on any atom is -0.465 e. The number of rotatable bonds is 5. The van der Waals surface area contributed by atoms with Crippen LogP contribution >= 0.6 is 11.6 Å². The van der Waals surface area contributed by atoms with Crippen molar-refractivity contribution >= 4 is 23.6 Å². The van der Waals surface area contributed by atoms with E-state index in [1.807, 2.05) is 5.32 Å². The minimum atomic E-state index is -1.44. The largest absolute Gasteiger partial charge is 0.465 e. The first-order valence-corrected chi connectivity index (χ1v) is 6.09. The molecule has 0 aliphatic rings. The summed E-state index contributed by atoms with van der Waals surface area (Å²) in [6.07, 6.45) is -2.67. The Morgan fingerprint density at radius 2 is 2.10 bits per heavy atom. The zero-order chi connectivity index (χ0) is 15.3. The molecule has 1 aromatic rings. The third-order valence-corrected chi connectivity index (χ3v) is 2.82. The third kappa shape index (κ3) is 4.36. The average molecular weight is 305 g/mol. The SMILES string of the molecule is CC(O)C(NC(=O)O)C(=O)NCc1cccc(Cl)c1F. The van der Waals surface area contributed by atoms with E-state index >= 15 is 0 Å². The maximum atomic E-state index is 13.6. The molecule has 0 fully saturated rings. The van der Waals surface area contributed by atoms with Crippen LogP contribution in [0.1, 0.15) is 12.5 Å². The predicted molar refractivity (Wildman–Crippen MR) is 69.9 cm³/mol. The lowest BCUT2D eigenvalue weighted by atomic mass is 10.1. The van der Waals surface area contributed by atoms with Crippen molar-refractivity contribution in [3.63, 3.8) is 0 Å². The fraction of sp³-hybridized carbons (Fsp3) is 0.333. The summed E-state index contributed by atoms with van der Waals surface area (Å²) in [7, 11) is 0. The van der Waals surface area contributed by atoms with Gasteiger partial charge in [-0.3, -0.25) is 4.79 Å². The molecule has 0 spiro atoms. The lowest BCUT2D eigenvalue weighted by Gasteiger charge is -2.19. The number of benzene rings is 1. The quantitative estimate of drug-likeness (QED) is 0.655. The van der Waals surface area contributed by atoms with Crippen molar-refractivity contribution in [2.75, 3.05) is 0 Å². The number of nitrogens with one attached hydrogen (secondary N) is 2. The summed E-state index contributed by atoms with van der Waals surface area (Å²) in [5, 5.41) is 22.0. The summed E-state index contributed by atoms with van der Waals surface area (Å²) in [5.41, 5.74) is 0.158. The number of carbonyl (C=O) groups excluding carboxylic acids is 1. The van der Waals surface area contributed by atoms with Gasteiger partial charge in [-0.05, 0) is 13.0 Å². The molecule has 2 amide bonds. The van der Waals surface area contributed by atoms with Crippen LogP contribution in [0.25, 0.3) is 0 Å². The minimum absolute atomic E-state index is 0.0764. The van der Waals surface area contributed by atoms with Crippen LogP contribution in [-0.4, -0.2) is 34.4 Å². The van der Waals surface area contributed by atoms with E-state index in [2.05, 4.69) is 5.32 Å². The summed E-state index contributed by atoms with van der Waals surface area (Å²) in [5.74, 6) is -1.42. The Morgan fingerprint density at radius 3 is 2.65 bits per heavy atom. The summed E-state index contributed by atoms with van der Waals surface area (Å²) in [4.78, 5) is 22.2. The lowest BCUT2D eigenvalue weighted by molar-refractivity contribution is -0.125. The van der Waals surface area contributed by atoms with Crippen molar-refractivity contribution in [1.82, 2.24) is 10.6 Å². The van der Waals surface area contributed by atoms with E-state index in [1.165, 1.54) is 25.1 Å². The van der Waals surface area contributed by atoms with Crippen molar-refractivity contribution < 1.29 is 24.2 Å². The zero-order valence-electron chi connectivity index (χ0n) is 10.6. The van der Waals surface area contributed by atoms with Gasteiger partial charge in [0.1, 0.15) is 11.9 Å². The standard InChI is InChI=1S/C12H14ClFN2O4/c1-6(17)10(16-12(19)20)11(18)15-5-7-3-2-4-8(13)9(7)14/h2-4,6,10,16-17H,5H2,1H3,(H,15,18)(H,19,20). The van der Waals surface area contributed by atoms with Gasteiger partial charge in [-0.25, -0.2) is 9.18 Å². The van der Waals surface area contributed by atoms with E-state index in [-0.39, 0.29) is 17.1 Å². The molecule has 0 aliphatic carbocycles. The van der Waals surface area contributed by atoms with Crippen molar-refractivity contribution in [1.29, 1.82) is 0 Å². The van der Waals surface area contributed by atoms with Crippen LogP contribution in [0, 0.1) is 5.82 Å². The van der Waals surface area contributed by atoms with Gasteiger partial charge in [-0.1, -0.05) is 23.7 Å². The van der Waals surface area contributed by atoms with Crippen molar-refractivity contribution in [3.8, 4) is 0 Å². The second-order valence-electron chi connectivity index (χ2n) is 4.10. The monoisotopic (exact) mass is 304 g/mol. The van der Waals surface area contributed by atoms with Gasteiger partial charge in [0.25, 0.3) is 0 Å². The number of carbonyl (C=O) groups is 2. The molecule has 4 N–H and O–H groups in total. The molecule has 0 radical (unpaired) electrons. The highest BCUT2D eigenvalue weighted by atomic mass is 35.5. The van der Waals surface area contributed by atoms with Crippen LogP contribution in [0.2, 0.25) is 5.02 Å². The number of carboxylic acid groups (broad SMARTS) is 1. The van der Waals surface area contributed by atoms with E-state index in [1.54, 1.807) is 0 Å². The van der Waals surface area contributed by atoms with Crippen molar-refractivity contribution in [2.24, 2.45) is 0 Å². The number of aliphatic hydroxyl groups excluding tert-OH is 1. The Balaban J connectivity index is 2.70. The molecule has 1 aromatic carbocycles. The van der Waals surface area contributed by atoms with Gasteiger partial charge in [-0.2, -0.15) is 0 Å². The van der Waals surface area contributed by atoms with Crippen LogP contribution in [0.15, 0.2) is 18.2 Å². The molecule has 2 unspecified atom stereocenters. The second kappa shape index (κ2) is 7.06. The van der Waals surface area contributed by atoms with Gasteiger partial charge >= 0.3 is 6.09 Å². The first-order valence-electron chi connectivity index (χ1n) is 5.71. The van der Waals surface area contributed by atoms with Gasteiger partial charge in [-0.15, -0.1) is 0 Å². The highest BCUT2D eigenvalue weighted by molar-refractivity contribution is 6.30. The third-order valence-electron chi connectivity index (χ3n) is 2.53. The normalized spacial score (nSPS) is 13.4. The van der Waals surface area contributed by atoms with Gasteiger partial charge in [0, 0.05) is 12.1 Å². The molecule has 110 valence electrons. The van der Waals surface area contributed by atoms with Gasteiger partial charge in [0.05, 0.1) is 11.1 Å². The highest BCUT2D eigenvalue weighted by Crippen LogP contribution is 2.17. The highest BCUT2D eigenvalue weighted by Gasteiger charge is 2.25. The number of amides is 2. The Labute approximate surface area is 119 Å². The van der Waals surface area contributed by atoms with E-state index in [9.17, 15) is 19.1 Å². The Morgan fingerprint density at radius 1 is 1.45 bits per heavy atom. The zero-order valence-corrected chi connectivity index (χ0v) is 11.3. The number of halogens is 2. The molecule has 1 rings (SSSR count). The van der Waals surface area contributed by atoms with Crippen LogP contribution < -0.4 is 10.6 Å². The van der Waals surface area contributed by atoms with E-state index in [4.69, 9.17) is 16.7 Å². The first-order chi connectivity index (χ1) is 9.32. The Kier molecular flexibility index (Phi) is 5.72. The second-order valence-corrected chi connectivity index (χ2v) is 4.51. The van der Waals surface area contributed by atoms with Crippen molar-refractivity contribution in [2.45, 2.75) is 25.6 Å². The number of hydrogen-bond donors (Lipinski definition) is 4. The summed E-state index contributed by atoms with van der Waals surface area (Å²) in [6.45, 7) is 1.09. The first kappa shape index (κ1) is 16.2. The van der Waals surface area contributed by atoms with E-state index in [0.29, 0.717) is 0 Å². The molecular weight excluding hydrogens is 291 g/mol. The molecule has 20 heavy (non-hydrogen) atoms. The molecule has 0 bridgehead atoms. The van der Waals surface area contributed by atoms with E-state index < -0.39 is 30.0 Å². The van der Waals surface area contributed by atoms with E-state index in [0.717, 1.165) is 0 Å². The average Bonchev–Trinajstić information content (AvgIpc) is 2.37. The maximum Gasteiger partial charge on any atom is 0.405 e. The molecule has 6 nitrogen and oxygen atoms in total.